The Labute approximate surface area is 192 Å². The second kappa shape index (κ2) is 22.1. The van der Waals surface area contributed by atoms with Gasteiger partial charge in [0.05, 0.1) is 0 Å². The Kier molecular flexibility index (Phi) is 21.4. The number of hydrogen-bond acceptors (Lipinski definition) is 2. The summed E-state index contributed by atoms with van der Waals surface area (Å²) >= 11 is 0. The molecule has 2 N–H and O–H groups in total. The monoisotopic (exact) mass is 440 g/mol. The van der Waals surface area contributed by atoms with E-state index in [-0.39, 0.29) is 5.92 Å². The highest BCUT2D eigenvalue weighted by atomic mass is 16.4. The van der Waals surface area contributed by atoms with E-state index in [1.54, 1.807) is 0 Å². The molecule has 0 aliphatic carbocycles. The van der Waals surface area contributed by atoms with Crippen LogP contribution in [0, 0.1) is 11.8 Å². The van der Waals surface area contributed by atoms with E-state index in [1.165, 1.54) is 109 Å². The van der Waals surface area contributed by atoms with Crippen LogP contribution in [0.4, 0.5) is 0 Å². The zero-order valence-electron chi connectivity index (χ0n) is 20.7. The summed E-state index contributed by atoms with van der Waals surface area (Å²) in [5.74, 6) is -3.89. The highest BCUT2D eigenvalue weighted by molar-refractivity contribution is 5.93. The van der Waals surface area contributed by atoms with Crippen molar-refractivity contribution >= 4 is 11.9 Å². The molecular formula is C27H52O4. The van der Waals surface area contributed by atoms with Crippen molar-refractivity contribution in [2.45, 2.75) is 149 Å². The minimum Gasteiger partial charge on any atom is -0.481 e. The van der Waals surface area contributed by atoms with Gasteiger partial charge in [-0.2, -0.15) is 0 Å². The van der Waals surface area contributed by atoms with E-state index >= 15 is 0 Å². The molecule has 0 aromatic heterocycles. The van der Waals surface area contributed by atoms with Crippen LogP contribution >= 0.6 is 0 Å². The fourth-order valence-electron chi connectivity index (χ4n) is 4.60. The molecule has 0 aromatic carbocycles. The maximum Gasteiger partial charge on any atom is 0.318 e. The summed E-state index contributed by atoms with van der Waals surface area (Å²) in [5.41, 5.74) is 0. The standard InChI is InChI=1S/C27H52O4/c1-3-5-6-7-8-9-10-11-12-13-14-15-16-17-18-19-20-21-22-23-24(4-2)25(26(28)29)27(30)31/h24-25H,3-23H2,1-2H3,(H,28,29)(H,30,31). The Balaban J connectivity index is 3.38. The van der Waals surface area contributed by atoms with Gasteiger partial charge in [-0.3, -0.25) is 9.59 Å². The van der Waals surface area contributed by atoms with Gasteiger partial charge in [0.15, 0.2) is 5.92 Å². The summed E-state index contributed by atoms with van der Waals surface area (Å²) in [6.07, 6.45) is 26.7. The van der Waals surface area contributed by atoms with Gasteiger partial charge in [0.1, 0.15) is 0 Å². The average molecular weight is 441 g/mol. The zero-order chi connectivity index (χ0) is 23.2. The molecular weight excluding hydrogens is 388 g/mol. The first-order valence-corrected chi connectivity index (χ1v) is 13.5. The first-order chi connectivity index (χ1) is 15.0. The maximum atomic E-state index is 11.2. The number of unbranched alkanes of at least 4 members (excludes halogenated alkanes) is 18. The number of carbonyl (C=O) groups is 2. The molecule has 0 heterocycles. The largest absolute Gasteiger partial charge is 0.481 e. The second-order valence-electron chi connectivity index (χ2n) is 9.48. The Morgan fingerprint density at radius 3 is 1.06 bits per heavy atom. The van der Waals surface area contributed by atoms with Gasteiger partial charge in [0.2, 0.25) is 0 Å². The van der Waals surface area contributed by atoms with Crippen LogP contribution in [0.15, 0.2) is 0 Å². The van der Waals surface area contributed by atoms with Crippen LogP contribution in [0.3, 0.4) is 0 Å². The summed E-state index contributed by atoms with van der Waals surface area (Å²) in [6, 6.07) is 0. The fraction of sp³-hybridized carbons (Fsp3) is 0.926. The quantitative estimate of drug-likeness (QED) is 0.116. The predicted octanol–water partition coefficient (Wildman–Crippen LogP) is 8.62. The van der Waals surface area contributed by atoms with Gasteiger partial charge < -0.3 is 10.2 Å². The first kappa shape index (κ1) is 29.9. The van der Waals surface area contributed by atoms with Crippen molar-refractivity contribution in [3.63, 3.8) is 0 Å². The van der Waals surface area contributed by atoms with Crippen molar-refractivity contribution in [3.05, 3.63) is 0 Å². The van der Waals surface area contributed by atoms with Crippen molar-refractivity contribution in [1.82, 2.24) is 0 Å². The summed E-state index contributed by atoms with van der Waals surface area (Å²) in [7, 11) is 0. The number of carboxylic acids is 2. The zero-order valence-corrected chi connectivity index (χ0v) is 20.7. The van der Waals surface area contributed by atoms with Crippen LogP contribution in [-0.2, 0) is 9.59 Å². The number of carboxylic acid groups (broad SMARTS) is 2. The highest BCUT2D eigenvalue weighted by Gasteiger charge is 2.33. The molecule has 0 rings (SSSR count). The summed E-state index contributed by atoms with van der Waals surface area (Å²) < 4.78 is 0. The highest BCUT2D eigenvalue weighted by Crippen LogP contribution is 2.24. The third-order valence-electron chi connectivity index (χ3n) is 6.71. The molecule has 0 fully saturated rings. The lowest BCUT2D eigenvalue weighted by atomic mass is 9.85. The minimum absolute atomic E-state index is 0.249. The van der Waals surface area contributed by atoms with Gasteiger partial charge in [-0.05, 0) is 12.3 Å². The smallest absolute Gasteiger partial charge is 0.318 e. The van der Waals surface area contributed by atoms with Crippen LogP contribution in [-0.4, -0.2) is 22.2 Å². The molecule has 0 spiro atoms. The predicted molar refractivity (Wildman–Crippen MR) is 131 cm³/mol. The lowest BCUT2D eigenvalue weighted by molar-refractivity contribution is -0.157. The topological polar surface area (TPSA) is 74.6 Å². The molecule has 0 saturated carbocycles. The molecule has 0 aliphatic rings. The van der Waals surface area contributed by atoms with Gasteiger partial charge in [0.25, 0.3) is 0 Å². The SMILES string of the molecule is CCCCCCCCCCCCCCCCCCCCCC(CC)C(C(=O)O)C(=O)O. The Morgan fingerprint density at radius 1 is 0.516 bits per heavy atom. The molecule has 4 heteroatoms. The van der Waals surface area contributed by atoms with E-state index < -0.39 is 17.9 Å². The molecule has 0 aliphatic heterocycles. The molecule has 0 aromatic rings. The van der Waals surface area contributed by atoms with Crippen LogP contribution in [0.25, 0.3) is 0 Å². The van der Waals surface area contributed by atoms with Gasteiger partial charge in [-0.1, -0.05) is 142 Å². The number of rotatable bonds is 24. The van der Waals surface area contributed by atoms with E-state index in [0.717, 1.165) is 12.8 Å². The van der Waals surface area contributed by atoms with Crippen LogP contribution in [0.1, 0.15) is 149 Å². The molecule has 0 bridgehead atoms. The second-order valence-corrected chi connectivity index (χ2v) is 9.48. The molecule has 0 saturated heterocycles. The van der Waals surface area contributed by atoms with E-state index in [4.69, 9.17) is 10.2 Å². The molecule has 0 radical (unpaired) electrons. The maximum absolute atomic E-state index is 11.2. The molecule has 184 valence electrons. The van der Waals surface area contributed by atoms with Gasteiger partial charge in [0, 0.05) is 0 Å². The number of hydrogen-bond donors (Lipinski definition) is 2. The van der Waals surface area contributed by atoms with E-state index in [9.17, 15) is 9.59 Å². The van der Waals surface area contributed by atoms with Crippen LogP contribution < -0.4 is 0 Å². The molecule has 4 nitrogen and oxygen atoms in total. The summed E-state index contributed by atoms with van der Waals surface area (Å²) in [6.45, 7) is 4.16. The molecule has 1 unspecified atom stereocenters. The van der Waals surface area contributed by atoms with Gasteiger partial charge >= 0.3 is 11.9 Å². The first-order valence-electron chi connectivity index (χ1n) is 13.5. The minimum atomic E-state index is -1.25. The Bertz CT molecular complexity index is 407. The van der Waals surface area contributed by atoms with Crippen molar-refractivity contribution in [2.24, 2.45) is 11.8 Å². The molecule has 31 heavy (non-hydrogen) atoms. The fourth-order valence-corrected chi connectivity index (χ4v) is 4.60. The Morgan fingerprint density at radius 2 is 0.806 bits per heavy atom. The van der Waals surface area contributed by atoms with Crippen LogP contribution in [0.2, 0.25) is 0 Å². The summed E-state index contributed by atoms with van der Waals surface area (Å²) in [4.78, 5) is 22.3. The Hall–Kier alpha value is -1.06. The van der Waals surface area contributed by atoms with Crippen molar-refractivity contribution < 1.29 is 19.8 Å². The third kappa shape index (κ3) is 18.2. The number of aliphatic carboxylic acids is 2. The normalized spacial score (nSPS) is 12.4. The van der Waals surface area contributed by atoms with E-state index in [2.05, 4.69) is 6.92 Å². The van der Waals surface area contributed by atoms with E-state index in [1.807, 2.05) is 6.92 Å². The van der Waals surface area contributed by atoms with Crippen molar-refractivity contribution in [2.75, 3.05) is 0 Å². The van der Waals surface area contributed by atoms with Crippen molar-refractivity contribution in [3.8, 4) is 0 Å². The third-order valence-corrected chi connectivity index (χ3v) is 6.71. The van der Waals surface area contributed by atoms with Crippen molar-refractivity contribution in [1.29, 1.82) is 0 Å². The van der Waals surface area contributed by atoms with E-state index in [0.29, 0.717) is 12.8 Å². The lowest BCUT2D eigenvalue weighted by Crippen LogP contribution is -2.31. The van der Waals surface area contributed by atoms with Crippen LogP contribution in [0.5, 0.6) is 0 Å². The van der Waals surface area contributed by atoms with Gasteiger partial charge in [-0.15, -0.1) is 0 Å². The lowest BCUT2D eigenvalue weighted by Gasteiger charge is -2.19. The average Bonchev–Trinajstić information content (AvgIpc) is 2.73. The molecule has 1 atom stereocenters. The van der Waals surface area contributed by atoms with Gasteiger partial charge in [-0.25, -0.2) is 0 Å². The molecule has 0 amide bonds. The summed E-state index contributed by atoms with van der Waals surface area (Å²) in [5, 5.41) is 18.2.